The van der Waals surface area contributed by atoms with Crippen LogP contribution in [0.2, 0.25) is 0 Å². The number of anilines is 1. The van der Waals surface area contributed by atoms with E-state index in [1.807, 2.05) is 6.92 Å². The lowest BCUT2D eigenvalue weighted by Crippen LogP contribution is -2.14. The summed E-state index contributed by atoms with van der Waals surface area (Å²) in [7, 11) is 1.60. The second-order valence-corrected chi connectivity index (χ2v) is 4.69. The Morgan fingerprint density at radius 1 is 1.38 bits per heavy atom. The zero-order chi connectivity index (χ0) is 15.2. The monoisotopic (exact) mass is 288 g/mol. The molecule has 0 bridgehead atoms. The highest BCUT2D eigenvalue weighted by molar-refractivity contribution is 6.04. The highest BCUT2D eigenvalue weighted by Gasteiger charge is 2.14. The van der Waals surface area contributed by atoms with Gasteiger partial charge in [-0.3, -0.25) is 9.48 Å². The largest absolute Gasteiger partial charge is 0.497 e. The van der Waals surface area contributed by atoms with Crippen LogP contribution in [0.25, 0.3) is 0 Å². The molecule has 3 N–H and O–H groups in total. The minimum absolute atomic E-state index is 0.170. The highest BCUT2D eigenvalue weighted by Crippen LogP contribution is 2.17. The van der Waals surface area contributed by atoms with Gasteiger partial charge >= 0.3 is 0 Å². The lowest BCUT2D eigenvalue weighted by atomic mass is 10.2. The summed E-state index contributed by atoms with van der Waals surface area (Å²) in [5, 5.41) is 7.07. The first-order valence-corrected chi connectivity index (χ1v) is 6.83. The number of nitrogens with one attached hydrogen (secondary N) is 1. The Hall–Kier alpha value is -2.34. The van der Waals surface area contributed by atoms with Crippen LogP contribution in [0.15, 0.2) is 30.5 Å². The third-order valence-electron chi connectivity index (χ3n) is 3.27. The van der Waals surface area contributed by atoms with Gasteiger partial charge in [0.15, 0.2) is 0 Å². The normalized spacial score (nSPS) is 10.4. The number of aryl methyl sites for hydroxylation is 1. The molecular formula is C15H20N4O2. The quantitative estimate of drug-likeness (QED) is 0.849. The van der Waals surface area contributed by atoms with Crippen LogP contribution >= 0.6 is 0 Å². The predicted molar refractivity (Wildman–Crippen MR) is 81.6 cm³/mol. The predicted octanol–water partition coefficient (Wildman–Crippen LogP) is 1.80. The molecule has 0 saturated heterocycles. The number of rotatable bonds is 6. The minimum atomic E-state index is -0.170. The molecule has 0 aliphatic heterocycles. The van der Waals surface area contributed by atoms with Crippen LogP contribution in [0, 0.1) is 6.92 Å². The molecule has 21 heavy (non-hydrogen) atoms. The van der Waals surface area contributed by atoms with Gasteiger partial charge < -0.3 is 15.8 Å². The van der Waals surface area contributed by atoms with Crippen molar-refractivity contribution in [2.75, 3.05) is 19.0 Å². The number of nitrogens with two attached hydrogens (primary N) is 1. The van der Waals surface area contributed by atoms with Crippen LogP contribution in [0.4, 0.5) is 5.69 Å². The number of amides is 1. The van der Waals surface area contributed by atoms with Crippen LogP contribution in [0.1, 0.15) is 22.5 Å². The van der Waals surface area contributed by atoms with Crippen molar-refractivity contribution in [3.05, 3.63) is 41.7 Å². The smallest absolute Gasteiger partial charge is 0.259 e. The fourth-order valence-electron chi connectivity index (χ4n) is 2.01. The minimum Gasteiger partial charge on any atom is -0.497 e. The molecule has 0 aliphatic carbocycles. The first-order chi connectivity index (χ1) is 10.2. The van der Waals surface area contributed by atoms with E-state index in [-0.39, 0.29) is 5.91 Å². The molecule has 2 aromatic rings. The van der Waals surface area contributed by atoms with Crippen LogP contribution in [-0.2, 0) is 6.54 Å². The zero-order valence-corrected chi connectivity index (χ0v) is 12.3. The summed E-state index contributed by atoms with van der Waals surface area (Å²) in [6.07, 6.45) is 2.42. The van der Waals surface area contributed by atoms with E-state index in [2.05, 4.69) is 10.4 Å². The summed E-state index contributed by atoms with van der Waals surface area (Å²) in [4.78, 5) is 12.3. The van der Waals surface area contributed by atoms with E-state index < -0.39 is 0 Å². The number of hydrogen-bond donors (Lipinski definition) is 2. The Morgan fingerprint density at radius 3 is 2.71 bits per heavy atom. The maximum absolute atomic E-state index is 12.3. The second kappa shape index (κ2) is 6.90. The molecule has 1 heterocycles. The van der Waals surface area contributed by atoms with Crippen molar-refractivity contribution in [1.29, 1.82) is 0 Å². The van der Waals surface area contributed by atoms with Gasteiger partial charge in [-0.1, -0.05) is 0 Å². The molecule has 0 radical (unpaired) electrons. The Morgan fingerprint density at radius 2 is 2.10 bits per heavy atom. The first kappa shape index (κ1) is 15.1. The zero-order valence-electron chi connectivity index (χ0n) is 12.3. The third-order valence-corrected chi connectivity index (χ3v) is 3.27. The molecule has 0 fully saturated rings. The highest BCUT2D eigenvalue weighted by atomic mass is 16.5. The summed E-state index contributed by atoms with van der Waals surface area (Å²) in [6.45, 7) is 3.21. The van der Waals surface area contributed by atoms with Gasteiger partial charge in [-0.2, -0.15) is 5.10 Å². The molecule has 6 heteroatoms. The van der Waals surface area contributed by atoms with Gasteiger partial charge in [-0.15, -0.1) is 0 Å². The molecular weight excluding hydrogens is 268 g/mol. The number of aromatic nitrogens is 2. The average molecular weight is 288 g/mol. The van der Waals surface area contributed by atoms with Crippen molar-refractivity contribution < 1.29 is 9.53 Å². The van der Waals surface area contributed by atoms with Gasteiger partial charge in [0.1, 0.15) is 5.75 Å². The van der Waals surface area contributed by atoms with E-state index in [0.717, 1.165) is 30.1 Å². The standard InChI is InChI=1S/C15H20N4O2/c1-11-14(10-17-19(11)9-3-8-16)15(20)18-12-4-6-13(21-2)7-5-12/h4-7,10H,3,8-9,16H2,1-2H3,(H,18,20). The molecule has 0 spiro atoms. The fourth-order valence-corrected chi connectivity index (χ4v) is 2.01. The van der Waals surface area contributed by atoms with Crippen LogP contribution < -0.4 is 15.8 Å². The molecule has 0 unspecified atom stereocenters. The van der Waals surface area contributed by atoms with Gasteiger partial charge in [-0.25, -0.2) is 0 Å². The van der Waals surface area contributed by atoms with Crippen LogP contribution in [0.3, 0.4) is 0 Å². The molecule has 6 nitrogen and oxygen atoms in total. The number of ether oxygens (including phenoxy) is 1. The number of carbonyl (C=O) groups is 1. The van der Waals surface area contributed by atoms with Gasteiger partial charge in [0, 0.05) is 17.9 Å². The fraction of sp³-hybridized carbons (Fsp3) is 0.333. The van der Waals surface area contributed by atoms with Crippen molar-refractivity contribution in [3.63, 3.8) is 0 Å². The van der Waals surface area contributed by atoms with Crippen molar-refractivity contribution in [2.24, 2.45) is 5.73 Å². The summed E-state index contributed by atoms with van der Waals surface area (Å²) in [5.41, 5.74) is 7.62. The Bertz CT molecular complexity index is 605. The van der Waals surface area contributed by atoms with E-state index in [1.54, 1.807) is 42.3 Å². The van der Waals surface area contributed by atoms with E-state index >= 15 is 0 Å². The third kappa shape index (κ3) is 3.61. The van der Waals surface area contributed by atoms with Crippen LogP contribution in [-0.4, -0.2) is 29.3 Å². The van der Waals surface area contributed by atoms with E-state index in [4.69, 9.17) is 10.5 Å². The van der Waals surface area contributed by atoms with Gasteiger partial charge in [-0.05, 0) is 44.2 Å². The molecule has 0 atom stereocenters. The Labute approximate surface area is 123 Å². The SMILES string of the molecule is COc1ccc(NC(=O)c2cnn(CCCN)c2C)cc1. The summed E-state index contributed by atoms with van der Waals surface area (Å²) in [6, 6.07) is 7.19. The number of carbonyl (C=O) groups excluding carboxylic acids is 1. The van der Waals surface area contributed by atoms with Crippen molar-refractivity contribution >= 4 is 11.6 Å². The molecule has 1 aromatic heterocycles. The van der Waals surface area contributed by atoms with Crippen LogP contribution in [0.5, 0.6) is 5.75 Å². The Kier molecular flexibility index (Phi) is 4.94. The first-order valence-electron chi connectivity index (χ1n) is 6.83. The van der Waals surface area contributed by atoms with E-state index in [9.17, 15) is 4.79 Å². The second-order valence-electron chi connectivity index (χ2n) is 4.69. The topological polar surface area (TPSA) is 82.2 Å². The average Bonchev–Trinajstić information content (AvgIpc) is 2.87. The molecule has 112 valence electrons. The molecule has 0 saturated carbocycles. The molecule has 1 amide bonds. The van der Waals surface area contributed by atoms with Crippen molar-refractivity contribution in [3.8, 4) is 5.75 Å². The molecule has 0 aliphatic rings. The number of benzene rings is 1. The van der Waals surface area contributed by atoms with Gasteiger partial charge in [0.2, 0.25) is 0 Å². The maximum atomic E-state index is 12.3. The number of methoxy groups -OCH3 is 1. The van der Waals surface area contributed by atoms with Crippen molar-refractivity contribution in [2.45, 2.75) is 19.9 Å². The molecule has 1 aromatic carbocycles. The summed E-state index contributed by atoms with van der Waals surface area (Å²) >= 11 is 0. The molecule has 2 rings (SSSR count). The lowest BCUT2D eigenvalue weighted by molar-refractivity contribution is 0.102. The number of hydrogen-bond acceptors (Lipinski definition) is 4. The van der Waals surface area contributed by atoms with Crippen molar-refractivity contribution in [1.82, 2.24) is 9.78 Å². The lowest BCUT2D eigenvalue weighted by Gasteiger charge is -2.07. The van der Waals surface area contributed by atoms with Gasteiger partial charge in [0.25, 0.3) is 5.91 Å². The Balaban J connectivity index is 2.07. The van der Waals surface area contributed by atoms with Gasteiger partial charge in [0.05, 0.1) is 18.9 Å². The van der Waals surface area contributed by atoms with E-state index in [1.165, 1.54) is 0 Å². The maximum Gasteiger partial charge on any atom is 0.259 e. The summed E-state index contributed by atoms with van der Waals surface area (Å²) in [5.74, 6) is 0.579. The van der Waals surface area contributed by atoms with E-state index in [0.29, 0.717) is 12.1 Å². The number of nitrogens with zero attached hydrogens (tertiary/aromatic N) is 2. The summed E-state index contributed by atoms with van der Waals surface area (Å²) < 4.78 is 6.88.